The van der Waals surface area contributed by atoms with E-state index in [1.165, 1.54) is 4.90 Å². The topological polar surface area (TPSA) is 57.6 Å². The molecule has 7 heteroatoms. The maximum absolute atomic E-state index is 13.2. The average Bonchev–Trinajstić information content (AvgIpc) is 3.02. The van der Waals surface area contributed by atoms with Crippen LogP contribution in [0.25, 0.3) is 5.76 Å². The zero-order valence-corrected chi connectivity index (χ0v) is 20.3. The number of amides is 1. The highest BCUT2D eigenvalue weighted by atomic mass is 79.9. The smallest absolute Gasteiger partial charge is 0.300 e. The number of benzene rings is 3. The van der Waals surface area contributed by atoms with Gasteiger partial charge in [-0.2, -0.15) is 0 Å². The van der Waals surface area contributed by atoms with Crippen LogP contribution in [0.15, 0.2) is 70.7 Å². The average molecular weight is 531 g/mol. The van der Waals surface area contributed by atoms with Crippen molar-refractivity contribution in [2.45, 2.75) is 19.9 Å². The lowest BCUT2D eigenvalue weighted by atomic mass is 9.94. The van der Waals surface area contributed by atoms with Crippen LogP contribution in [0.2, 0.25) is 10.0 Å². The van der Waals surface area contributed by atoms with Gasteiger partial charge in [-0.1, -0.05) is 75.0 Å². The number of anilines is 1. The highest BCUT2D eigenvalue weighted by molar-refractivity contribution is 9.10. The number of ketones is 1. The van der Waals surface area contributed by atoms with Crippen LogP contribution in [0.1, 0.15) is 28.3 Å². The molecule has 0 radical (unpaired) electrons. The van der Waals surface area contributed by atoms with E-state index in [1.54, 1.807) is 36.4 Å². The Labute approximate surface area is 204 Å². The van der Waals surface area contributed by atoms with E-state index in [4.69, 9.17) is 23.2 Å². The van der Waals surface area contributed by atoms with Crippen LogP contribution in [-0.4, -0.2) is 16.8 Å². The van der Waals surface area contributed by atoms with Crippen LogP contribution >= 0.6 is 39.1 Å². The monoisotopic (exact) mass is 529 g/mol. The molecule has 32 heavy (non-hydrogen) atoms. The van der Waals surface area contributed by atoms with Gasteiger partial charge < -0.3 is 5.11 Å². The molecule has 1 aliphatic rings. The maximum Gasteiger partial charge on any atom is 0.300 e. The molecule has 0 aliphatic carbocycles. The van der Waals surface area contributed by atoms with E-state index in [-0.39, 0.29) is 16.4 Å². The molecule has 3 aromatic rings. The van der Waals surface area contributed by atoms with Gasteiger partial charge in [-0.3, -0.25) is 14.5 Å². The molecule has 1 fully saturated rings. The second-order valence-corrected chi connectivity index (χ2v) is 9.31. The molecule has 1 unspecified atom stereocenters. The summed E-state index contributed by atoms with van der Waals surface area (Å²) in [4.78, 5) is 27.7. The lowest BCUT2D eigenvalue weighted by Gasteiger charge is -2.26. The summed E-state index contributed by atoms with van der Waals surface area (Å²) in [7, 11) is 0. The first-order valence-corrected chi connectivity index (χ1v) is 11.3. The van der Waals surface area contributed by atoms with Crippen LogP contribution in [0.5, 0.6) is 0 Å². The largest absolute Gasteiger partial charge is 0.507 e. The third-order valence-corrected chi connectivity index (χ3v) is 7.04. The molecule has 1 atom stereocenters. The zero-order chi connectivity index (χ0) is 23.2. The van der Waals surface area contributed by atoms with Crippen molar-refractivity contribution < 1.29 is 14.7 Å². The molecule has 1 saturated heterocycles. The number of Topliss-reactive ketones (excluding diaryl/α,β-unsaturated/α-hetero) is 1. The number of hydrogen-bond donors (Lipinski definition) is 1. The summed E-state index contributed by atoms with van der Waals surface area (Å²) >= 11 is 15.7. The van der Waals surface area contributed by atoms with Gasteiger partial charge in [0.1, 0.15) is 5.76 Å². The van der Waals surface area contributed by atoms with Crippen LogP contribution < -0.4 is 4.90 Å². The molecule has 3 aromatic carbocycles. The number of hydrogen-bond acceptors (Lipinski definition) is 3. The first-order valence-electron chi connectivity index (χ1n) is 9.78. The van der Waals surface area contributed by atoms with Crippen molar-refractivity contribution in [3.8, 4) is 0 Å². The van der Waals surface area contributed by atoms with Crippen molar-refractivity contribution >= 4 is 62.3 Å². The normalized spacial score (nSPS) is 17.8. The Balaban J connectivity index is 1.97. The number of carbonyl (C=O) groups excluding carboxylic acids is 2. The molecule has 0 spiro atoms. The fourth-order valence-electron chi connectivity index (χ4n) is 3.84. The van der Waals surface area contributed by atoms with Gasteiger partial charge in [0.05, 0.1) is 21.7 Å². The van der Waals surface area contributed by atoms with Crippen molar-refractivity contribution in [2.75, 3.05) is 4.90 Å². The number of nitrogens with zero attached hydrogens (tertiary/aromatic N) is 1. The van der Waals surface area contributed by atoms with E-state index in [9.17, 15) is 14.7 Å². The van der Waals surface area contributed by atoms with Crippen LogP contribution in [-0.2, 0) is 9.59 Å². The van der Waals surface area contributed by atoms with Crippen LogP contribution in [0, 0.1) is 13.8 Å². The molecule has 0 saturated carbocycles. The van der Waals surface area contributed by atoms with Gasteiger partial charge in [0, 0.05) is 15.7 Å². The summed E-state index contributed by atoms with van der Waals surface area (Å²) in [5.74, 6) is -1.74. The minimum atomic E-state index is -0.823. The molecule has 0 bridgehead atoms. The number of aryl methyl sites for hydroxylation is 2. The van der Waals surface area contributed by atoms with E-state index < -0.39 is 17.7 Å². The van der Waals surface area contributed by atoms with Gasteiger partial charge in [0.15, 0.2) is 0 Å². The first-order chi connectivity index (χ1) is 15.2. The fourth-order valence-corrected chi connectivity index (χ4v) is 4.38. The van der Waals surface area contributed by atoms with E-state index in [0.717, 1.165) is 15.6 Å². The molecule has 162 valence electrons. The summed E-state index contributed by atoms with van der Waals surface area (Å²) in [6.07, 6.45) is 0. The quantitative estimate of drug-likeness (QED) is 0.225. The Morgan fingerprint density at radius 2 is 1.72 bits per heavy atom. The van der Waals surface area contributed by atoms with Gasteiger partial charge in [0.2, 0.25) is 0 Å². The first kappa shape index (κ1) is 22.6. The van der Waals surface area contributed by atoms with Crippen LogP contribution in [0.4, 0.5) is 5.69 Å². The Hall–Kier alpha value is -2.60. The Morgan fingerprint density at radius 1 is 0.969 bits per heavy atom. The summed E-state index contributed by atoms with van der Waals surface area (Å²) in [6.45, 7) is 3.81. The second kappa shape index (κ2) is 8.74. The van der Waals surface area contributed by atoms with Crippen molar-refractivity contribution in [1.82, 2.24) is 0 Å². The molecular formula is C25H18BrCl2NO3. The summed E-state index contributed by atoms with van der Waals surface area (Å²) in [6, 6.07) is 16.7. The van der Waals surface area contributed by atoms with Crippen molar-refractivity contribution in [3.63, 3.8) is 0 Å². The number of aliphatic hydroxyl groups excluding tert-OH is 1. The summed E-state index contributed by atoms with van der Waals surface area (Å²) in [5, 5.41) is 11.8. The lowest BCUT2D eigenvalue weighted by Crippen LogP contribution is -2.29. The number of rotatable bonds is 3. The highest BCUT2D eigenvalue weighted by Gasteiger charge is 2.47. The highest BCUT2D eigenvalue weighted by Crippen LogP contribution is 2.43. The van der Waals surface area contributed by atoms with E-state index in [1.807, 2.05) is 38.1 Å². The van der Waals surface area contributed by atoms with Gasteiger partial charge >= 0.3 is 0 Å². The Morgan fingerprint density at radius 3 is 2.38 bits per heavy atom. The predicted molar refractivity (Wildman–Crippen MR) is 131 cm³/mol. The fraction of sp³-hybridized carbons (Fsp3) is 0.120. The number of carbonyl (C=O) groups is 2. The minimum absolute atomic E-state index is 0.0217. The third kappa shape index (κ3) is 3.96. The number of halogens is 3. The SMILES string of the molecule is Cc1cccc(C2/C(=C(\O)c3ccc(Br)c(C)c3)C(=O)C(=O)N2c2ccc(Cl)c(Cl)c2)c1. The predicted octanol–water partition coefficient (Wildman–Crippen LogP) is 7.00. The second-order valence-electron chi connectivity index (χ2n) is 7.65. The van der Waals surface area contributed by atoms with E-state index >= 15 is 0 Å². The standard InChI is InChI=1S/C25H18BrCl2NO3/c1-13-4-3-5-15(10-13)22-21(23(30)16-6-8-18(26)14(2)11-16)24(31)25(32)29(22)17-7-9-19(27)20(28)12-17/h3-12,22,30H,1-2H3/b23-21+. The molecular weight excluding hydrogens is 513 g/mol. The Bertz CT molecular complexity index is 1300. The molecule has 4 rings (SSSR count). The summed E-state index contributed by atoms with van der Waals surface area (Å²) in [5.41, 5.74) is 3.44. The van der Waals surface area contributed by atoms with Gasteiger partial charge in [-0.25, -0.2) is 0 Å². The van der Waals surface area contributed by atoms with Crippen molar-refractivity contribution in [3.05, 3.63) is 103 Å². The molecule has 1 amide bonds. The Kier molecular flexibility index (Phi) is 6.17. The minimum Gasteiger partial charge on any atom is -0.507 e. The lowest BCUT2D eigenvalue weighted by molar-refractivity contribution is -0.132. The molecule has 1 N–H and O–H groups in total. The molecule has 4 nitrogen and oxygen atoms in total. The summed E-state index contributed by atoms with van der Waals surface area (Å²) < 4.78 is 0.876. The molecule has 1 heterocycles. The number of aliphatic hydroxyl groups is 1. The van der Waals surface area contributed by atoms with Crippen molar-refractivity contribution in [1.29, 1.82) is 0 Å². The van der Waals surface area contributed by atoms with Gasteiger partial charge in [-0.05, 0) is 55.3 Å². The van der Waals surface area contributed by atoms with Gasteiger partial charge in [0.25, 0.3) is 11.7 Å². The molecule has 1 aliphatic heterocycles. The third-order valence-electron chi connectivity index (χ3n) is 5.42. The van der Waals surface area contributed by atoms with Gasteiger partial charge in [-0.15, -0.1) is 0 Å². The van der Waals surface area contributed by atoms with Crippen LogP contribution in [0.3, 0.4) is 0 Å². The van der Waals surface area contributed by atoms with Crippen molar-refractivity contribution in [2.24, 2.45) is 0 Å². The molecule has 0 aromatic heterocycles. The van der Waals surface area contributed by atoms with E-state index in [2.05, 4.69) is 15.9 Å². The maximum atomic E-state index is 13.2. The van der Waals surface area contributed by atoms with E-state index in [0.29, 0.717) is 21.8 Å². The zero-order valence-electron chi connectivity index (χ0n) is 17.2.